The fourth-order valence-electron chi connectivity index (χ4n) is 1.32. The highest BCUT2D eigenvalue weighted by Gasteiger charge is 2.06. The van der Waals surface area contributed by atoms with Gasteiger partial charge in [0.1, 0.15) is 0 Å². The maximum absolute atomic E-state index is 10.9. The summed E-state index contributed by atoms with van der Waals surface area (Å²) in [5, 5.41) is 6.17. The first kappa shape index (κ1) is 12.6. The summed E-state index contributed by atoms with van der Waals surface area (Å²) in [6, 6.07) is 8.17. The molecule has 0 aliphatic carbocycles. The first-order valence-corrected chi connectivity index (χ1v) is 5.63. The molecule has 1 atom stereocenters. The van der Waals surface area contributed by atoms with Crippen molar-refractivity contribution in [1.82, 2.24) is 0 Å². The van der Waals surface area contributed by atoms with Crippen LogP contribution in [0.2, 0.25) is 0 Å². The summed E-state index contributed by atoms with van der Waals surface area (Å²) in [4.78, 5) is 10.9. The minimum atomic E-state index is -0.0472. The van der Waals surface area contributed by atoms with Crippen molar-refractivity contribution in [3.05, 3.63) is 24.3 Å². The average Bonchev–Trinajstić information content (AvgIpc) is 2.16. The topological polar surface area (TPSA) is 41.1 Å². The quantitative estimate of drug-likeness (QED) is 0.818. The van der Waals surface area contributed by atoms with E-state index < -0.39 is 0 Å². The standard InChI is InChI=1S/C13H20N2O/c1-9(2)10(3)14-12-6-5-7-13(8-12)15-11(4)16/h5-10,14H,1-4H3,(H,15,16). The van der Waals surface area contributed by atoms with Crippen LogP contribution in [-0.2, 0) is 4.79 Å². The monoisotopic (exact) mass is 220 g/mol. The van der Waals surface area contributed by atoms with Crippen LogP contribution in [0, 0.1) is 5.92 Å². The lowest BCUT2D eigenvalue weighted by molar-refractivity contribution is -0.114. The molecule has 1 amide bonds. The number of hydrogen-bond acceptors (Lipinski definition) is 2. The van der Waals surface area contributed by atoms with Gasteiger partial charge in [-0.05, 0) is 31.0 Å². The Morgan fingerprint density at radius 3 is 2.38 bits per heavy atom. The van der Waals surface area contributed by atoms with E-state index in [1.54, 1.807) is 0 Å². The second-order valence-electron chi connectivity index (χ2n) is 4.44. The van der Waals surface area contributed by atoms with E-state index in [0.717, 1.165) is 11.4 Å². The molecule has 1 unspecified atom stereocenters. The van der Waals surface area contributed by atoms with Crippen molar-refractivity contribution in [2.24, 2.45) is 5.92 Å². The third-order valence-corrected chi connectivity index (χ3v) is 2.58. The number of carbonyl (C=O) groups is 1. The minimum absolute atomic E-state index is 0.0472. The first-order valence-electron chi connectivity index (χ1n) is 5.63. The Hall–Kier alpha value is -1.51. The number of nitrogens with one attached hydrogen (secondary N) is 2. The Balaban J connectivity index is 2.70. The molecule has 2 N–H and O–H groups in total. The largest absolute Gasteiger partial charge is 0.382 e. The summed E-state index contributed by atoms with van der Waals surface area (Å²) in [5.74, 6) is 0.526. The predicted octanol–water partition coefficient (Wildman–Crippen LogP) is 3.10. The van der Waals surface area contributed by atoms with E-state index in [1.165, 1.54) is 6.92 Å². The Morgan fingerprint density at radius 2 is 1.81 bits per heavy atom. The lowest BCUT2D eigenvalue weighted by Crippen LogP contribution is -2.21. The summed E-state index contributed by atoms with van der Waals surface area (Å²) in [7, 11) is 0. The van der Waals surface area contributed by atoms with Crippen LogP contribution in [0.1, 0.15) is 27.7 Å². The van der Waals surface area contributed by atoms with Crippen molar-refractivity contribution in [2.75, 3.05) is 10.6 Å². The van der Waals surface area contributed by atoms with E-state index in [2.05, 4.69) is 31.4 Å². The molecular formula is C13H20N2O. The molecule has 16 heavy (non-hydrogen) atoms. The van der Waals surface area contributed by atoms with E-state index in [0.29, 0.717) is 12.0 Å². The second kappa shape index (κ2) is 5.54. The van der Waals surface area contributed by atoms with Gasteiger partial charge < -0.3 is 10.6 Å². The van der Waals surface area contributed by atoms with E-state index in [-0.39, 0.29) is 5.91 Å². The molecule has 88 valence electrons. The third-order valence-electron chi connectivity index (χ3n) is 2.58. The van der Waals surface area contributed by atoms with E-state index >= 15 is 0 Å². The zero-order valence-corrected chi connectivity index (χ0v) is 10.4. The highest BCUT2D eigenvalue weighted by atomic mass is 16.1. The molecule has 0 heterocycles. The van der Waals surface area contributed by atoms with Crippen molar-refractivity contribution >= 4 is 17.3 Å². The van der Waals surface area contributed by atoms with Gasteiger partial charge in [-0.15, -0.1) is 0 Å². The Kier molecular flexibility index (Phi) is 4.35. The van der Waals surface area contributed by atoms with Crippen LogP contribution in [0.4, 0.5) is 11.4 Å². The van der Waals surface area contributed by atoms with Gasteiger partial charge in [-0.3, -0.25) is 4.79 Å². The lowest BCUT2D eigenvalue weighted by Gasteiger charge is -2.19. The molecule has 0 aromatic heterocycles. The minimum Gasteiger partial charge on any atom is -0.382 e. The molecule has 0 saturated carbocycles. The first-order chi connectivity index (χ1) is 7.49. The molecule has 0 fully saturated rings. The van der Waals surface area contributed by atoms with Gasteiger partial charge in [0, 0.05) is 24.3 Å². The van der Waals surface area contributed by atoms with Gasteiger partial charge in [-0.25, -0.2) is 0 Å². The predicted molar refractivity (Wildman–Crippen MR) is 68.7 cm³/mol. The number of carbonyl (C=O) groups excluding carboxylic acids is 1. The maximum atomic E-state index is 10.9. The molecule has 0 saturated heterocycles. The van der Waals surface area contributed by atoms with Gasteiger partial charge >= 0.3 is 0 Å². The number of anilines is 2. The van der Waals surface area contributed by atoms with Crippen LogP contribution in [0.25, 0.3) is 0 Å². The number of benzene rings is 1. The van der Waals surface area contributed by atoms with Crippen LogP contribution in [-0.4, -0.2) is 11.9 Å². The lowest BCUT2D eigenvalue weighted by atomic mass is 10.1. The summed E-state index contributed by atoms with van der Waals surface area (Å²) in [6.07, 6.45) is 0. The fourth-order valence-corrected chi connectivity index (χ4v) is 1.32. The third kappa shape index (κ3) is 3.93. The van der Waals surface area contributed by atoms with Crippen LogP contribution in [0.15, 0.2) is 24.3 Å². The van der Waals surface area contributed by atoms with Crippen LogP contribution >= 0.6 is 0 Å². The van der Waals surface area contributed by atoms with Gasteiger partial charge in [-0.1, -0.05) is 19.9 Å². The van der Waals surface area contributed by atoms with E-state index in [9.17, 15) is 4.79 Å². The zero-order chi connectivity index (χ0) is 12.1. The molecule has 0 aliphatic rings. The molecular weight excluding hydrogens is 200 g/mol. The normalized spacial score (nSPS) is 12.3. The summed E-state index contributed by atoms with van der Waals surface area (Å²) in [6.45, 7) is 8.01. The fraction of sp³-hybridized carbons (Fsp3) is 0.462. The molecule has 0 spiro atoms. The maximum Gasteiger partial charge on any atom is 0.221 e. The van der Waals surface area contributed by atoms with Crippen LogP contribution < -0.4 is 10.6 Å². The number of hydrogen-bond donors (Lipinski definition) is 2. The molecule has 0 aliphatic heterocycles. The Morgan fingerprint density at radius 1 is 1.19 bits per heavy atom. The van der Waals surface area contributed by atoms with Crippen molar-refractivity contribution in [3.8, 4) is 0 Å². The van der Waals surface area contributed by atoms with Crippen LogP contribution in [0.3, 0.4) is 0 Å². The molecule has 0 bridgehead atoms. The van der Waals surface area contributed by atoms with Crippen molar-refractivity contribution < 1.29 is 4.79 Å². The van der Waals surface area contributed by atoms with Gasteiger partial charge in [0.05, 0.1) is 0 Å². The Labute approximate surface area is 97.2 Å². The van der Waals surface area contributed by atoms with Gasteiger partial charge in [0.25, 0.3) is 0 Å². The number of amides is 1. The smallest absolute Gasteiger partial charge is 0.221 e. The Bertz CT molecular complexity index is 361. The average molecular weight is 220 g/mol. The van der Waals surface area contributed by atoms with E-state index in [4.69, 9.17) is 0 Å². The molecule has 3 nitrogen and oxygen atoms in total. The summed E-state index contributed by atoms with van der Waals surface area (Å²) in [5.41, 5.74) is 1.86. The molecule has 1 rings (SSSR count). The summed E-state index contributed by atoms with van der Waals surface area (Å²) >= 11 is 0. The highest BCUT2D eigenvalue weighted by molar-refractivity contribution is 5.89. The van der Waals surface area contributed by atoms with Crippen molar-refractivity contribution in [1.29, 1.82) is 0 Å². The summed E-state index contributed by atoms with van der Waals surface area (Å²) < 4.78 is 0. The SMILES string of the molecule is CC(=O)Nc1cccc(NC(C)C(C)C)c1. The van der Waals surface area contributed by atoms with E-state index in [1.807, 2.05) is 24.3 Å². The van der Waals surface area contributed by atoms with Gasteiger partial charge in [-0.2, -0.15) is 0 Å². The zero-order valence-electron chi connectivity index (χ0n) is 10.4. The van der Waals surface area contributed by atoms with Crippen molar-refractivity contribution in [3.63, 3.8) is 0 Å². The molecule has 1 aromatic carbocycles. The second-order valence-corrected chi connectivity index (χ2v) is 4.44. The highest BCUT2D eigenvalue weighted by Crippen LogP contribution is 2.17. The number of rotatable bonds is 4. The van der Waals surface area contributed by atoms with Crippen molar-refractivity contribution in [2.45, 2.75) is 33.7 Å². The molecule has 1 aromatic rings. The van der Waals surface area contributed by atoms with Gasteiger partial charge in [0.15, 0.2) is 0 Å². The molecule has 3 heteroatoms. The van der Waals surface area contributed by atoms with Gasteiger partial charge in [0.2, 0.25) is 5.91 Å². The van der Waals surface area contributed by atoms with Crippen LogP contribution in [0.5, 0.6) is 0 Å². The molecule has 0 radical (unpaired) electrons.